The fraction of sp³-hybridized carbons (Fsp3) is 0.182. The van der Waals surface area contributed by atoms with Crippen molar-refractivity contribution in [1.29, 1.82) is 0 Å². The van der Waals surface area contributed by atoms with Gasteiger partial charge in [0.05, 0.1) is 17.4 Å². The predicted molar refractivity (Wildman–Crippen MR) is 157 cm³/mol. The minimum absolute atomic E-state index is 0.113. The highest BCUT2D eigenvalue weighted by molar-refractivity contribution is 6.30. The second-order valence-corrected chi connectivity index (χ2v) is 10.7. The van der Waals surface area contributed by atoms with Crippen molar-refractivity contribution >= 4 is 50.6 Å². The van der Waals surface area contributed by atoms with Gasteiger partial charge in [-0.1, -0.05) is 60.1 Å². The maximum atomic E-state index is 13.9. The van der Waals surface area contributed by atoms with Crippen LogP contribution in [-0.4, -0.2) is 10.4 Å². The molecule has 0 saturated heterocycles. The normalized spacial score (nSPS) is 19.1. The molecule has 4 aromatic carbocycles. The van der Waals surface area contributed by atoms with Gasteiger partial charge < -0.3 is 15.2 Å². The third-order valence-corrected chi connectivity index (χ3v) is 8.35. The monoisotopic (exact) mass is 517 g/mol. The summed E-state index contributed by atoms with van der Waals surface area (Å²) in [6.45, 7) is 3.09. The number of halogens is 1. The summed E-state index contributed by atoms with van der Waals surface area (Å²) >= 11 is 6.14. The van der Waals surface area contributed by atoms with Crippen LogP contribution in [0, 0.1) is 0 Å². The van der Waals surface area contributed by atoms with Crippen molar-refractivity contribution < 1.29 is 4.79 Å². The number of para-hydroxylation sites is 3. The third-order valence-electron chi connectivity index (χ3n) is 8.10. The molecule has 2 N–H and O–H groups in total. The zero-order valence-electron chi connectivity index (χ0n) is 21.2. The van der Waals surface area contributed by atoms with Crippen LogP contribution in [-0.2, 0) is 11.3 Å². The SMILES string of the molecule is CCn1c2ccccc2c2cc([C@H]3Nc4ccccc4NC4=C3C(=O)C[C@@H](c3ccc(Cl)cc3)C4)ccc21. The van der Waals surface area contributed by atoms with E-state index in [2.05, 4.69) is 76.7 Å². The van der Waals surface area contributed by atoms with E-state index in [4.69, 9.17) is 11.6 Å². The Morgan fingerprint density at radius 1 is 0.816 bits per heavy atom. The molecule has 5 heteroatoms. The number of allylic oxidation sites excluding steroid dienone is 1. The van der Waals surface area contributed by atoms with E-state index in [1.165, 1.54) is 21.8 Å². The van der Waals surface area contributed by atoms with E-state index in [1.54, 1.807) is 0 Å². The highest BCUT2D eigenvalue weighted by atomic mass is 35.5. The lowest BCUT2D eigenvalue weighted by Crippen LogP contribution is -2.26. The molecule has 38 heavy (non-hydrogen) atoms. The van der Waals surface area contributed by atoms with Gasteiger partial charge in [0, 0.05) is 51.1 Å². The standard InChI is InChI=1S/C33H28ClN3O/c1-2-37-29-10-6-3-7-24(29)25-17-21(13-16-30(25)37)33-32-28(35-26-8-4-5-9-27(26)36-33)18-22(19-31(32)38)20-11-14-23(34)15-12-20/h3-17,22,33,35-36H,2,18-19H2,1H3/t22-,33+/m0/s1. The highest BCUT2D eigenvalue weighted by Crippen LogP contribution is 2.45. The molecule has 0 amide bonds. The lowest BCUT2D eigenvalue weighted by Gasteiger charge is -2.30. The molecule has 0 fully saturated rings. The Bertz CT molecular complexity index is 1750. The fourth-order valence-corrected chi connectivity index (χ4v) is 6.43. The van der Waals surface area contributed by atoms with Gasteiger partial charge in [0.25, 0.3) is 0 Å². The van der Waals surface area contributed by atoms with Gasteiger partial charge in [0.15, 0.2) is 5.78 Å². The summed E-state index contributed by atoms with van der Waals surface area (Å²) in [5.41, 5.74) is 8.53. The Balaban J connectivity index is 1.38. The molecule has 0 saturated carbocycles. The van der Waals surface area contributed by atoms with Crippen LogP contribution in [0.3, 0.4) is 0 Å². The van der Waals surface area contributed by atoms with E-state index in [0.29, 0.717) is 11.4 Å². The van der Waals surface area contributed by atoms with E-state index >= 15 is 0 Å². The number of hydrogen-bond donors (Lipinski definition) is 2. The summed E-state index contributed by atoms with van der Waals surface area (Å²) in [4.78, 5) is 13.9. The molecule has 7 rings (SSSR count). The van der Waals surface area contributed by atoms with E-state index in [1.807, 2.05) is 36.4 Å². The average Bonchev–Trinajstić information content (AvgIpc) is 3.15. The van der Waals surface area contributed by atoms with Crippen molar-refractivity contribution in [3.05, 3.63) is 118 Å². The Morgan fingerprint density at radius 3 is 2.34 bits per heavy atom. The molecule has 0 spiro atoms. The number of hydrogen-bond acceptors (Lipinski definition) is 3. The number of carbonyl (C=O) groups is 1. The Morgan fingerprint density at radius 2 is 1.53 bits per heavy atom. The Hall–Kier alpha value is -4.02. The summed E-state index contributed by atoms with van der Waals surface area (Å²) in [6, 6.07) is 31.1. The van der Waals surface area contributed by atoms with E-state index < -0.39 is 0 Å². The maximum Gasteiger partial charge on any atom is 0.163 e. The molecule has 0 radical (unpaired) electrons. The fourth-order valence-electron chi connectivity index (χ4n) is 6.30. The predicted octanol–water partition coefficient (Wildman–Crippen LogP) is 8.45. The van der Waals surface area contributed by atoms with Gasteiger partial charge in [-0.2, -0.15) is 0 Å². The number of rotatable bonds is 3. The summed E-state index contributed by atoms with van der Waals surface area (Å²) in [5.74, 6) is 0.294. The lowest BCUT2D eigenvalue weighted by atomic mass is 9.78. The number of ketones is 1. The highest BCUT2D eigenvalue weighted by Gasteiger charge is 2.36. The summed E-state index contributed by atoms with van der Waals surface area (Å²) < 4.78 is 2.36. The largest absolute Gasteiger partial charge is 0.372 e. The quantitative estimate of drug-likeness (QED) is 0.252. The number of nitrogens with one attached hydrogen (secondary N) is 2. The summed E-state index contributed by atoms with van der Waals surface area (Å²) in [6.07, 6.45) is 1.25. The topological polar surface area (TPSA) is 46.1 Å². The van der Waals surface area contributed by atoms with Crippen molar-refractivity contribution in [2.75, 3.05) is 10.6 Å². The van der Waals surface area contributed by atoms with Crippen molar-refractivity contribution in [1.82, 2.24) is 4.57 Å². The van der Waals surface area contributed by atoms with Gasteiger partial charge in [-0.3, -0.25) is 4.79 Å². The number of Topliss-reactive ketones (excluding diaryl/α,β-unsaturated/α-hetero) is 1. The summed E-state index contributed by atoms with van der Waals surface area (Å²) in [5, 5.41) is 10.6. The molecule has 188 valence electrons. The van der Waals surface area contributed by atoms with Crippen LogP contribution in [0.2, 0.25) is 5.02 Å². The average molecular weight is 518 g/mol. The molecule has 5 aromatic rings. The van der Waals surface area contributed by atoms with Crippen LogP contribution < -0.4 is 10.6 Å². The van der Waals surface area contributed by atoms with Gasteiger partial charge in [-0.25, -0.2) is 0 Å². The van der Waals surface area contributed by atoms with Crippen LogP contribution in [0.4, 0.5) is 11.4 Å². The van der Waals surface area contributed by atoms with Crippen molar-refractivity contribution in [3.8, 4) is 0 Å². The first kappa shape index (κ1) is 23.1. The first-order valence-corrected chi connectivity index (χ1v) is 13.6. The van der Waals surface area contributed by atoms with E-state index in [-0.39, 0.29) is 17.7 Å². The molecule has 0 bridgehead atoms. The van der Waals surface area contributed by atoms with Crippen LogP contribution in [0.5, 0.6) is 0 Å². The second-order valence-electron chi connectivity index (χ2n) is 10.3. The van der Waals surface area contributed by atoms with Crippen molar-refractivity contribution in [2.24, 2.45) is 0 Å². The lowest BCUT2D eigenvalue weighted by molar-refractivity contribution is -0.116. The minimum Gasteiger partial charge on any atom is -0.372 e. The minimum atomic E-state index is -0.243. The molecule has 1 aliphatic heterocycles. The number of anilines is 2. The van der Waals surface area contributed by atoms with Gasteiger partial charge in [0.2, 0.25) is 0 Å². The Labute approximate surface area is 226 Å². The number of carbonyl (C=O) groups excluding carboxylic acids is 1. The van der Waals surface area contributed by atoms with E-state index in [9.17, 15) is 4.79 Å². The zero-order valence-corrected chi connectivity index (χ0v) is 21.9. The molecule has 2 aliphatic rings. The zero-order chi connectivity index (χ0) is 25.8. The molecule has 0 unspecified atom stereocenters. The second kappa shape index (κ2) is 9.07. The number of benzene rings is 4. The van der Waals surface area contributed by atoms with Gasteiger partial charge in [-0.05, 0) is 72.9 Å². The van der Waals surface area contributed by atoms with Crippen LogP contribution in [0.25, 0.3) is 21.8 Å². The van der Waals surface area contributed by atoms with Crippen molar-refractivity contribution in [2.45, 2.75) is 38.3 Å². The smallest absolute Gasteiger partial charge is 0.163 e. The third kappa shape index (κ3) is 3.71. The Kier molecular flexibility index (Phi) is 5.52. The number of fused-ring (bicyclic) bond motifs is 4. The first-order valence-electron chi connectivity index (χ1n) is 13.3. The molecule has 2 heterocycles. The molecular weight excluding hydrogens is 490 g/mol. The number of aryl methyl sites for hydroxylation is 1. The van der Waals surface area contributed by atoms with Crippen LogP contribution in [0.1, 0.15) is 42.9 Å². The summed E-state index contributed by atoms with van der Waals surface area (Å²) in [7, 11) is 0. The molecule has 2 atom stereocenters. The van der Waals surface area contributed by atoms with Crippen LogP contribution >= 0.6 is 11.6 Å². The van der Waals surface area contributed by atoms with Gasteiger partial charge in [-0.15, -0.1) is 0 Å². The van der Waals surface area contributed by atoms with Gasteiger partial charge in [0.1, 0.15) is 0 Å². The number of nitrogens with zero attached hydrogens (tertiary/aromatic N) is 1. The maximum absolute atomic E-state index is 13.9. The molecule has 1 aromatic heterocycles. The van der Waals surface area contributed by atoms with Gasteiger partial charge >= 0.3 is 0 Å². The number of aromatic nitrogens is 1. The first-order chi connectivity index (χ1) is 18.6. The molecular formula is C33H28ClN3O. The molecule has 4 nitrogen and oxygen atoms in total. The van der Waals surface area contributed by atoms with E-state index in [0.717, 1.165) is 46.7 Å². The molecule has 1 aliphatic carbocycles. The van der Waals surface area contributed by atoms with Crippen LogP contribution in [0.15, 0.2) is 102 Å². The van der Waals surface area contributed by atoms with Crippen molar-refractivity contribution in [3.63, 3.8) is 0 Å².